The van der Waals surface area contributed by atoms with Gasteiger partial charge in [-0.15, -0.1) is 0 Å². The fourth-order valence-electron chi connectivity index (χ4n) is 4.29. The van der Waals surface area contributed by atoms with Crippen molar-refractivity contribution < 1.29 is 19.4 Å². The predicted molar refractivity (Wildman–Crippen MR) is 141 cm³/mol. The first-order valence-corrected chi connectivity index (χ1v) is 13.0. The van der Waals surface area contributed by atoms with Crippen LogP contribution < -0.4 is 5.32 Å². The number of anilines is 1. The van der Waals surface area contributed by atoms with Crippen LogP contribution in [0.25, 0.3) is 0 Å². The third-order valence-electron chi connectivity index (χ3n) is 6.35. The largest absolute Gasteiger partial charge is 0.392 e. The van der Waals surface area contributed by atoms with Crippen LogP contribution in [0.15, 0.2) is 90.3 Å². The van der Waals surface area contributed by atoms with Crippen molar-refractivity contribution in [3.8, 4) is 0 Å². The van der Waals surface area contributed by atoms with Gasteiger partial charge in [-0.1, -0.05) is 73.3 Å². The van der Waals surface area contributed by atoms with Crippen molar-refractivity contribution in [3.05, 3.63) is 107 Å². The van der Waals surface area contributed by atoms with E-state index in [0.29, 0.717) is 17.0 Å². The maximum absolute atomic E-state index is 12.7. The molecule has 5 rings (SSSR count). The van der Waals surface area contributed by atoms with Gasteiger partial charge in [-0.05, 0) is 35.4 Å². The lowest BCUT2D eigenvalue weighted by molar-refractivity contribution is -0.268. The molecule has 3 aromatic carbocycles. The highest BCUT2D eigenvalue weighted by atomic mass is 32.2. The minimum absolute atomic E-state index is 0.00889. The van der Waals surface area contributed by atoms with Crippen molar-refractivity contribution in [1.29, 1.82) is 0 Å². The normalized spacial score (nSPS) is 21.5. The van der Waals surface area contributed by atoms with Crippen molar-refractivity contribution in [1.82, 2.24) is 15.2 Å². The second-order valence-electron chi connectivity index (χ2n) is 8.87. The van der Waals surface area contributed by atoms with Gasteiger partial charge in [0.1, 0.15) is 6.33 Å². The number of benzene rings is 3. The van der Waals surface area contributed by atoms with Gasteiger partial charge >= 0.3 is 0 Å². The quantitative estimate of drug-likeness (QED) is 0.279. The lowest BCUT2D eigenvalue weighted by Crippen LogP contribution is -2.38. The molecular weight excluding hydrogens is 488 g/mol. The average molecular weight is 517 g/mol. The number of nitrogens with zero attached hydrogens (tertiary/aromatic N) is 2. The van der Waals surface area contributed by atoms with Crippen LogP contribution in [-0.2, 0) is 16.1 Å². The summed E-state index contributed by atoms with van der Waals surface area (Å²) in [5.41, 5.74) is 3.92. The molecule has 37 heavy (non-hydrogen) atoms. The van der Waals surface area contributed by atoms with Gasteiger partial charge in [0, 0.05) is 28.5 Å². The third-order valence-corrected chi connectivity index (χ3v) is 7.32. The molecule has 4 atom stereocenters. The van der Waals surface area contributed by atoms with Crippen LogP contribution in [0.5, 0.6) is 0 Å². The number of H-pyrrole nitrogens is 1. The summed E-state index contributed by atoms with van der Waals surface area (Å²) in [6.07, 6.45) is 0.487. The first-order chi connectivity index (χ1) is 18.1. The van der Waals surface area contributed by atoms with Crippen LogP contribution in [-0.4, -0.2) is 38.1 Å². The molecule has 2 heterocycles. The molecule has 0 bridgehead atoms. The Bertz CT molecular complexity index is 1300. The van der Waals surface area contributed by atoms with Gasteiger partial charge in [0.2, 0.25) is 0 Å². The molecule has 9 heteroatoms. The first-order valence-electron chi connectivity index (χ1n) is 12.1. The number of aromatic amines is 1. The highest BCUT2D eigenvalue weighted by Crippen LogP contribution is 2.43. The monoisotopic (exact) mass is 516 g/mol. The summed E-state index contributed by atoms with van der Waals surface area (Å²) in [5, 5.41) is 19.9. The van der Waals surface area contributed by atoms with Crippen molar-refractivity contribution in [2.75, 3.05) is 11.1 Å². The Kier molecular flexibility index (Phi) is 7.96. The molecule has 0 saturated carbocycles. The summed E-state index contributed by atoms with van der Waals surface area (Å²) in [7, 11) is 0. The van der Waals surface area contributed by atoms with Crippen molar-refractivity contribution >= 4 is 23.4 Å². The SMILES string of the molecule is C[C@@H]1[C@H](CSc2ncn[nH]2)O[C@H](c2cccc(NC(=O)c3ccccc3)c2)O[C@@H]1c1ccc(CO)cc1. The molecule has 190 valence electrons. The molecule has 4 aromatic rings. The van der Waals surface area contributed by atoms with E-state index >= 15 is 0 Å². The number of rotatable bonds is 8. The van der Waals surface area contributed by atoms with Gasteiger partial charge in [0.15, 0.2) is 11.4 Å². The van der Waals surface area contributed by atoms with E-state index in [4.69, 9.17) is 9.47 Å². The Labute approximate surface area is 219 Å². The Morgan fingerprint density at radius 2 is 1.84 bits per heavy atom. The number of ether oxygens (including phenoxy) is 2. The fraction of sp³-hybridized carbons (Fsp3) is 0.250. The lowest BCUT2D eigenvalue weighted by atomic mass is 9.91. The highest BCUT2D eigenvalue weighted by Gasteiger charge is 2.38. The Balaban J connectivity index is 1.38. The van der Waals surface area contributed by atoms with E-state index in [0.717, 1.165) is 21.8 Å². The molecule has 1 aliphatic heterocycles. The van der Waals surface area contributed by atoms with Gasteiger partial charge in [0.05, 0.1) is 18.8 Å². The summed E-state index contributed by atoms with van der Waals surface area (Å²) in [6.45, 7) is 2.11. The molecule has 0 aliphatic carbocycles. The Hall–Kier alpha value is -3.50. The standard InChI is InChI=1S/C28H28N4O4S/c1-18-24(16-37-28-29-17-30-32-28)35-27(36-25(18)20-12-10-19(15-33)11-13-20)22-8-5-9-23(14-22)31-26(34)21-6-3-2-4-7-21/h2-14,17-18,24-25,27,33H,15-16H2,1H3,(H,31,34)(H,29,30,32)/t18-,24+,25+,27+/m1/s1. The van der Waals surface area contributed by atoms with E-state index in [-0.39, 0.29) is 30.6 Å². The predicted octanol–water partition coefficient (Wildman–Crippen LogP) is 5.13. The van der Waals surface area contributed by atoms with Crippen molar-refractivity contribution in [2.24, 2.45) is 5.92 Å². The number of hydrogen-bond donors (Lipinski definition) is 3. The van der Waals surface area contributed by atoms with Crippen LogP contribution in [0, 0.1) is 5.92 Å². The number of carbonyl (C=O) groups excluding carboxylic acids is 1. The van der Waals surface area contributed by atoms with Gasteiger partial charge in [-0.25, -0.2) is 4.98 Å². The molecule has 1 saturated heterocycles. The highest BCUT2D eigenvalue weighted by molar-refractivity contribution is 7.99. The number of amides is 1. The van der Waals surface area contributed by atoms with E-state index in [1.807, 2.05) is 66.7 Å². The summed E-state index contributed by atoms with van der Waals surface area (Å²) < 4.78 is 13.0. The van der Waals surface area contributed by atoms with Gasteiger partial charge < -0.3 is 19.9 Å². The van der Waals surface area contributed by atoms with Crippen LogP contribution >= 0.6 is 11.8 Å². The number of aliphatic hydroxyl groups excluding tert-OH is 1. The van der Waals surface area contributed by atoms with Crippen molar-refractivity contribution in [3.63, 3.8) is 0 Å². The van der Waals surface area contributed by atoms with Gasteiger partial charge in [0.25, 0.3) is 5.91 Å². The van der Waals surface area contributed by atoms with E-state index in [1.165, 1.54) is 6.33 Å². The smallest absolute Gasteiger partial charge is 0.255 e. The zero-order chi connectivity index (χ0) is 25.6. The fourth-order valence-corrected chi connectivity index (χ4v) is 5.23. The molecule has 8 nitrogen and oxygen atoms in total. The van der Waals surface area contributed by atoms with E-state index in [1.54, 1.807) is 23.9 Å². The van der Waals surface area contributed by atoms with Crippen LogP contribution in [0.3, 0.4) is 0 Å². The molecule has 3 N–H and O–H groups in total. The second kappa shape index (κ2) is 11.7. The Morgan fingerprint density at radius 3 is 2.57 bits per heavy atom. The van der Waals surface area contributed by atoms with Crippen LogP contribution in [0.4, 0.5) is 5.69 Å². The number of thioether (sulfide) groups is 1. The molecule has 1 amide bonds. The van der Waals surface area contributed by atoms with Gasteiger partial charge in [-0.3, -0.25) is 9.89 Å². The van der Waals surface area contributed by atoms with Gasteiger partial charge in [-0.2, -0.15) is 5.10 Å². The average Bonchev–Trinajstić information content (AvgIpc) is 3.47. The number of aromatic nitrogens is 3. The zero-order valence-corrected chi connectivity index (χ0v) is 21.1. The van der Waals surface area contributed by atoms with Crippen LogP contribution in [0.2, 0.25) is 0 Å². The summed E-state index contributed by atoms with van der Waals surface area (Å²) in [4.78, 5) is 16.9. The van der Waals surface area contributed by atoms with E-state index in [2.05, 4.69) is 27.4 Å². The van der Waals surface area contributed by atoms with Crippen molar-refractivity contribution in [2.45, 2.75) is 37.2 Å². The number of aliphatic hydroxyl groups is 1. The second-order valence-corrected chi connectivity index (χ2v) is 9.88. The zero-order valence-electron chi connectivity index (χ0n) is 20.3. The third kappa shape index (κ3) is 6.08. The molecule has 0 unspecified atom stereocenters. The summed E-state index contributed by atoms with van der Waals surface area (Å²) >= 11 is 1.55. The lowest BCUT2D eigenvalue weighted by Gasteiger charge is -2.41. The van der Waals surface area contributed by atoms with E-state index in [9.17, 15) is 9.90 Å². The molecule has 0 spiro atoms. The summed E-state index contributed by atoms with van der Waals surface area (Å²) in [5.74, 6) is 0.527. The molecular formula is C28H28N4O4S. The minimum Gasteiger partial charge on any atom is -0.392 e. The Morgan fingerprint density at radius 1 is 1.03 bits per heavy atom. The maximum Gasteiger partial charge on any atom is 0.255 e. The van der Waals surface area contributed by atoms with E-state index < -0.39 is 6.29 Å². The topological polar surface area (TPSA) is 109 Å². The summed E-state index contributed by atoms with van der Waals surface area (Å²) in [6, 6.07) is 24.4. The molecule has 1 aliphatic rings. The van der Waals surface area contributed by atoms with Crippen LogP contribution in [0.1, 0.15) is 46.4 Å². The minimum atomic E-state index is -0.632. The number of hydrogen-bond acceptors (Lipinski definition) is 7. The maximum atomic E-state index is 12.7. The molecule has 1 aromatic heterocycles. The molecule has 1 fully saturated rings. The number of nitrogens with one attached hydrogen (secondary N) is 2. The first kappa shape index (κ1) is 25.2. The molecule has 0 radical (unpaired) electrons. The number of carbonyl (C=O) groups is 1.